The number of rotatable bonds is 6. The number of benzene rings is 1. The van der Waals surface area contributed by atoms with Crippen LogP contribution in [0.3, 0.4) is 0 Å². The molecule has 0 radical (unpaired) electrons. The van der Waals surface area contributed by atoms with Crippen LogP contribution in [0, 0.1) is 0 Å². The zero-order chi connectivity index (χ0) is 15.9. The summed E-state index contributed by atoms with van der Waals surface area (Å²) in [6, 6.07) is 7.54. The van der Waals surface area contributed by atoms with Gasteiger partial charge in [0.1, 0.15) is 12.4 Å². The van der Waals surface area contributed by atoms with Crippen molar-refractivity contribution in [3.8, 4) is 5.75 Å². The summed E-state index contributed by atoms with van der Waals surface area (Å²) in [6.07, 6.45) is -0.717. The minimum atomic E-state index is -0.997. The lowest BCUT2D eigenvalue weighted by molar-refractivity contribution is -0.133. The highest BCUT2D eigenvalue weighted by molar-refractivity contribution is 5.77. The van der Waals surface area contributed by atoms with Crippen LogP contribution >= 0.6 is 0 Å². The third kappa shape index (κ3) is 4.63. The second kappa shape index (κ2) is 7.65. The normalized spacial score (nSPS) is 17.7. The van der Waals surface area contributed by atoms with Gasteiger partial charge in [0.2, 0.25) is 5.91 Å². The summed E-state index contributed by atoms with van der Waals surface area (Å²) >= 11 is 0. The zero-order valence-corrected chi connectivity index (χ0v) is 12.4. The molecule has 1 aliphatic heterocycles. The predicted octanol–water partition coefficient (Wildman–Crippen LogP) is 0.733. The van der Waals surface area contributed by atoms with Crippen LogP contribution in [-0.2, 0) is 16.0 Å². The average molecular weight is 308 g/mol. The number of carbonyl (C=O) groups is 2. The second-order valence-corrected chi connectivity index (χ2v) is 5.07. The molecule has 0 aromatic heterocycles. The van der Waals surface area contributed by atoms with E-state index in [4.69, 9.17) is 9.47 Å². The number of methoxy groups -OCH3 is 1. The Balaban J connectivity index is 1.88. The Hall–Kier alpha value is -2.28. The van der Waals surface area contributed by atoms with Crippen molar-refractivity contribution >= 4 is 12.0 Å². The van der Waals surface area contributed by atoms with Gasteiger partial charge in [-0.1, -0.05) is 12.1 Å². The number of ether oxygens (including phenoxy) is 2. The molecule has 120 valence electrons. The van der Waals surface area contributed by atoms with Crippen molar-refractivity contribution in [3.05, 3.63) is 29.8 Å². The Bertz CT molecular complexity index is 524. The van der Waals surface area contributed by atoms with Gasteiger partial charge in [-0.2, -0.15) is 0 Å². The van der Waals surface area contributed by atoms with Crippen molar-refractivity contribution in [2.75, 3.05) is 33.4 Å². The number of amides is 2. The molecule has 1 aromatic rings. The standard InChI is InChI=1S/C15H20N2O5/c1-21-12-4-2-3-11(7-12)5-6-17(15(19)20)9-13-8-16-14(18)10-22-13/h2-4,7,13H,5-6,8-10H2,1H3,(H,16,18)(H,19,20)/t13-/m1/s1. The van der Waals surface area contributed by atoms with E-state index in [1.165, 1.54) is 4.90 Å². The van der Waals surface area contributed by atoms with Gasteiger partial charge in [0.15, 0.2) is 0 Å². The van der Waals surface area contributed by atoms with Crippen molar-refractivity contribution in [2.45, 2.75) is 12.5 Å². The van der Waals surface area contributed by atoms with Crippen molar-refractivity contribution in [1.29, 1.82) is 0 Å². The molecule has 7 heteroatoms. The smallest absolute Gasteiger partial charge is 0.407 e. The molecule has 7 nitrogen and oxygen atoms in total. The van der Waals surface area contributed by atoms with E-state index in [1.807, 2.05) is 24.3 Å². The number of morpholine rings is 1. The van der Waals surface area contributed by atoms with Crippen LogP contribution in [0.5, 0.6) is 5.75 Å². The first kappa shape index (κ1) is 16.1. The maximum absolute atomic E-state index is 11.3. The van der Waals surface area contributed by atoms with Gasteiger partial charge in [-0.25, -0.2) is 4.79 Å². The van der Waals surface area contributed by atoms with E-state index >= 15 is 0 Å². The number of nitrogens with one attached hydrogen (secondary N) is 1. The van der Waals surface area contributed by atoms with Gasteiger partial charge in [-0.05, 0) is 24.1 Å². The summed E-state index contributed by atoms with van der Waals surface area (Å²) in [5, 5.41) is 12.0. The number of hydrogen-bond acceptors (Lipinski definition) is 4. The first-order valence-corrected chi connectivity index (χ1v) is 7.07. The molecule has 0 bridgehead atoms. The Kier molecular flexibility index (Phi) is 5.60. The van der Waals surface area contributed by atoms with Crippen molar-refractivity contribution in [2.24, 2.45) is 0 Å². The summed E-state index contributed by atoms with van der Waals surface area (Å²) in [4.78, 5) is 23.7. The van der Waals surface area contributed by atoms with Gasteiger partial charge in [-0.15, -0.1) is 0 Å². The van der Waals surface area contributed by atoms with E-state index in [0.29, 0.717) is 19.5 Å². The molecule has 22 heavy (non-hydrogen) atoms. The first-order chi connectivity index (χ1) is 10.6. The topological polar surface area (TPSA) is 88.1 Å². The largest absolute Gasteiger partial charge is 0.497 e. The summed E-state index contributed by atoms with van der Waals surface area (Å²) < 4.78 is 10.5. The van der Waals surface area contributed by atoms with Crippen molar-refractivity contribution < 1.29 is 24.2 Å². The van der Waals surface area contributed by atoms with Gasteiger partial charge in [0.05, 0.1) is 19.8 Å². The molecule has 1 aromatic carbocycles. The molecule has 0 saturated carbocycles. The highest BCUT2D eigenvalue weighted by Crippen LogP contribution is 2.13. The van der Waals surface area contributed by atoms with Gasteiger partial charge in [-0.3, -0.25) is 4.79 Å². The maximum atomic E-state index is 11.3. The van der Waals surface area contributed by atoms with Crippen LogP contribution < -0.4 is 10.1 Å². The van der Waals surface area contributed by atoms with E-state index in [-0.39, 0.29) is 25.2 Å². The average Bonchev–Trinajstić information content (AvgIpc) is 2.53. The Morgan fingerprint density at radius 2 is 2.36 bits per heavy atom. The molecule has 0 aliphatic carbocycles. The molecular weight excluding hydrogens is 288 g/mol. The van der Waals surface area contributed by atoms with E-state index in [2.05, 4.69) is 5.32 Å². The molecule has 2 amide bonds. The lowest BCUT2D eigenvalue weighted by atomic mass is 10.1. The highest BCUT2D eigenvalue weighted by Gasteiger charge is 2.23. The fraction of sp³-hybridized carbons (Fsp3) is 0.467. The quantitative estimate of drug-likeness (QED) is 0.809. The lowest BCUT2D eigenvalue weighted by Crippen LogP contribution is -2.49. The van der Waals surface area contributed by atoms with Crippen molar-refractivity contribution in [3.63, 3.8) is 0 Å². The van der Waals surface area contributed by atoms with Gasteiger partial charge < -0.3 is 24.8 Å². The fourth-order valence-electron chi connectivity index (χ4n) is 2.25. The molecule has 1 saturated heterocycles. The number of carboxylic acid groups (broad SMARTS) is 1. The minimum absolute atomic E-state index is 0.0198. The fourth-order valence-corrected chi connectivity index (χ4v) is 2.25. The van der Waals surface area contributed by atoms with E-state index in [1.54, 1.807) is 7.11 Å². The zero-order valence-electron chi connectivity index (χ0n) is 12.4. The SMILES string of the molecule is COc1cccc(CCN(C[C@H]2CNC(=O)CO2)C(=O)O)c1. The summed E-state index contributed by atoms with van der Waals surface area (Å²) in [5.74, 6) is 0.576. The maximum Gasteiger partial charge on any atom is 0.407 e. The Labute approximate surface area is 128 Å². The first-order valence-electron chi connectivity index (χ1n) is 7.07. The lowest BCUT2D eigenvalue weighted by Gasteiger charge is -2.28. The van der Waals surface area contributed by atoms with E-state index in [9.17, 15) is 14.7 Å². The molecule has 1 atom stereocenters. The predicted molar refractivity (Wildman–Crippen MR) is 79.0 cm³/mol. The van der Waals surface area contributed by atoms with E-state index < -0.39 is 6.09 Å². The third-order valence-corrected chi connectivity index (χ3v) is 3.48. The molecule has 2 rings (SSSR count). The van der Waals surface area contributed by atoms with Gasteiger partial charge >= 0.3 is 6.09 Å². The van der Waals surface area contributed by atoms with Crippen molar-refractivity contribution in [1.82, 2.24) is 10.2 Å². The second-order valence-electron chi connectivity index (χ2n) is 5.07. The Morgan fingerprint density at radius 3 is 3.00 bits per heavy atom. The molecule has 2 N–H and O–H groups in total. The summed E-state index contributed by atoms with van der Waals surface area (Å²) in [6.45, 7) is 0.908. The molecule has 1 fully saturated rings. The summed E-state index contributed by atoms with van der Waals surface area (Å²) in [7, 11) is 1.59. The van der Waals surface area contributed by atoms with Crippen LogP contribution in [0.4, 0.5) is 4.79 Å². The van der Waals surface area contributed by atoms with Crippen LogP contribution in [0.1, 0.15) is 5.56 Å². The molecule has 1 aliphatic rings. The summed E-state index contributed by atoms with van der Waals surface area (Å²) in [5.41, 5.74) is 1.00. The highest BCUT2D eigenvalue weighted by atomic mass is 16.5. The monoisotopic (exact) mass is 308 g/mol. The molecular formula is C15H20N2O5. The molecule has 1 heterocycles. The van der Waals surface area contributed by atoms with Crippen LogP contribution in [0.2, 0.25) is 0 Å². The third-order valence-electron chi connectivity index (χ3n) is 3.48. The number of carbonyl (C=O) groups excluding carboxylic acids is 1. The van der Waals surface area contributed by atoms with Gasteiger partial charge in [0, 0.05) is 13.1 Å². The minimum Gasteiger partial charge on any atom is -0.497 e. The van der Waals surface area contributed by atoms with Crippen LogP contribution in [0.15, 0.2) is 24.3 Å². The van der Waals surface area contributed by atoms with Gasteiger partial charge in [0.25, 0.3) is 0 Å². The van der Waals surface area contributed by atoms with Crippen LogP contribution in [0.25, 0.3) is 0 Å². The molecule has 0 spiro atoms. The molecule has 0 unspecified atom stereocenters. The number of hydrogen-bond donors (Lipinski definition) is 2. The van der Waals surface area contributed by atoms with Crippen LogP contribution in [-0.4, -0.2) is 61.5 Å². The number of nitrogens with zero attached hydrogens (tertiary/aromatic N) is 1. The Morgan fingerprint density at radius 1 is 1.55 bits per heavy atom. The van der Waals surface area contributed by atoms with E-state index in [0.717, 1.165) is 11.3 Å².